The minimum atomic E-state index is -1.04. The van der Waals surface area contributed by atoms with Crippen LogP contribution in [0.1, 0.15) is 15.9 Å². The molecule has 4 nitrogen and oxygen atoms in total. The Morgan fingerprint density at radius 1 is 1.24 bits per heavy atom. The summed E-state index contributed by atoms with van der Waals surface area (Å²) in [5.74, 6) is -1.41. The van der Waals surface area contributed by atoms with Gasteiger partial charge in [-0.05, 0) is 29.8 Å². The number of halogens is 2. The number of thiophene rings is 1. The highest BCUT2D eigenvalue weighted by Crippen LogP contribution is 2.31. The highest BCUT2D eigenvalue weighted by molar-refractivity contribution is 7.20. The smallest absolute Gasteiger partial charge is 0.328 e. The molecule has 1 aromatic carbocycles. The van der Waals surface area contributed by atoms with Gasteiger partial charge in [0.2, 0.25) is 0 Å². The van der Waals surface area contributed by atoms with Gasteiger partial charge in [-0.15, -0.1) is 11.3 Å². The summed E-state index contributed by atoms with van der Waals surface area (Å²) in [6.07, 6.45) is 2.46. The Bertz CT molecular complexity index is 725. The SMILES string of the molecule is O=C(O)/C=C/c1cccc(NC(=O)c2cc(Cl)sc2Cl)c1. The summed E-state index contributed by atoms with van der Waals surface area (Å²) < 4.78 is 0.753. The molecule has 0 bridgehead atoms. The first-order valence-electron chi connectivity index (χ1n) is 5.73. The third kappa shape index (κ3) is 4.32. The molecule has 0 radical (unpaired) electrons. The molecule has 2 N–H and O–H groups in total. The zero-order valence-electron chi connectivity index (χ0n) is 10.5. The van der Waals surface area contributed by atoms with Crippen LogP contribution in [-0.2, 0) is 4.79 Å². The topological polar surface area (TPSA) is 66.4 Å². The van der Waals surface area contributed by atoms with Gasteiger partial charge in [0.05, 0.1) is 9.90 Å². The highest BCUT2D eigenvalue weighted by Gasteiger charge is 2.14. The molecule has 1 heterocycles. The molecule has 2 rings (SSSR count). The fourth-order valence-corrected chi connectivity index (χ4v) is 3.04. The lowest BCUT2D eigenvalue weighted by molar-refractivity contribution is -0.131. The Morgan fingerprint density at radius 2 is 2.00 bits per heavy atom. The average molecular weight is 342 g/mol. The van der Waals surface area contributed by atoms with Crippen LogP contribution in [0.5, 0.6) is 0 Å². The quantitative estimate of drug-likeness (QED) is 0.809. The van der Waals surface area contributed by atoms with Crippen LogP contribution in [0.2, 0.25) is 8.67 Å². The van der Waals surface area contributed by atoms with Gasteiger partial charge in [0.25, 0.3) is 5.91 Å². The standard InChI is InChI=1S/C14H9Cl2NO3S/c15-11-7-10(13(16)21-11)14(20)17-9-3-1-2-8(6-9)4-5-12(18)19/h1-7H,(H,17,20)(H,18,19)/b5-4+. The van der Waals surface area contributed by atoms with Gasteiger partial charge in [0.15, 0.2) is 0 Å². The van der Waals surface area contributed by atoms with E-state index in [4.69, 9.17) is 28.3 Å². The normalized spacial score (nSPS) is 10.8. The molecular weight excluding hydrogens is 333 g/mol. The Morgan fingerprint density at radius 3 is 2.62 bits per heavy atom. The maximum atomic E-state index is 12.1. The molecule has 0 aliphatic heterocycles. The summed E-state index contributed by atoms with van der Waals surface area (Å²) in [4.78, 5) is 22.5. The monoisotopic (exact) mass is 341 g/mol. The molecule has 0 aliphatic carbocycles. The fraction of sp³-hybridized carbons (Fsp3) is 0. The Hall–Kier alpha value is -1.82. The van der Waals surface area contributed by atoms with E-state index in [1.165, 1.54) is 12.1 Å². The number of amides is 1. The van der Waals surface area contributed by atoms with Crippen LogP contribution in [0, 0.1) is 0 Å². The molecule has 21 heavy (non-hydrogen) atoms. The van der Waals surface area contributed by atoms with Crippen molar-refractivity contribution in [3.8, 4) is 0 Å². The first-order chi connectivity index (χ1) is 9.95. The maximum absolute atomic E-state index is 12.1. The molecule has 0 aliphatic rings. The van der Waals surface area contributed by atoms with Crippen molar-refractivity contribution in [2.45, 2.75) is 0 Å². The molecule has 0 atom stereocenters. The number of anilines is 1. The van der Waals surface area contributed by atoms with Gasteiger partial charge in [-0.3, -0.25) is 4.79 Å². The zero-order chi connectivity index (χ0) is 15.4. The van der Waals surface area contributed by atoms with E-state index in [1.807, 2.05) is 0 Å². The highest BCUT2D eigenvalue weighted by atomic mass is 35.5. The van der Waals surface area contributed by atoms with E-state index in [0.29, 0.717) is 25.5 Å². The number of rotatable bonds is 4. The number of carbonyl (C=O) groups is 2. The molecule has 0 spiro atoms. The lowest BCUT2D eigenvalue weighted by Crippen LogP contribution is -2.11. The largest absolute Gasteiger partial charge is 0.478 e. The van der Waals surface area contributed by atoms with E-state index in [-0.39, 0.29) is 5.91 Å². The van der Waals surface area contributed by atoms with Crippen LogP contribution in [0.25, 0.3) is 6.08 Å². The van der Waals surface area contributed by atoms with Crippen LogP contribution in [-0.4, -0.2) is 17.0 Å². The zero-order valence-corrected chi connectivity index (χ0v) is 12.8. The van der Waals surface area contributed by atoms with Crippen molar-refractivity contribution in [3.05, 3.63) is 56.2 Å². The first kappa shape index (κ1) is 15.6. The van der Waals surface area contributed by atoms with Gasteiger partial charge in [-0.25, -0.2) is 4.79 Å². The van der Waals surface area contributed by atoms with Crippen LogP contribution in [0.4, 0.5) is 5.69 Å². The van der Waals surface area contributed by atoms with E-state index in [2.05, 4.69) is 5.32 Å². The summed E-state index contributed by atoms with van der Waals surface area (Å²) in [6, 6.07) is 8.28. The maximum Gasteiger partial charge on any atom is 0.328 e. The van der Waals surface area contributed by atoms with Crippen molar-refractivity contribution >= 4 is 58.2 Å². The Labute approximate surface area is 134 Å². The minimum absolute atomic E-state index is 0.304. The Balaban J connectivity index is 2.16. The van der Waals surface area contributed by atoms with Gasteiger partial charge in [-0.2, -0.15) is 0 Å². The average Bonchev–Trinajstić information content (AvgIpc) is 2.76. The number of hydrogen-bond acceptors (Lipinski definition) is 3. The number of carboxylic acids is 1. The van der Waals surface area contributed by atoms with Gasteiger partial charge in [0.1, 0.15) is 4.34 Å². The van der Waals surface area contributed by atoms with E-state index in [9.17, 15) is 9.59 Å². The Kier molecular flexibility index (Phi) is 5.01. The van der Waals surface area contributed by atoms with Gasteiger partial charge < -0.3 is 10.4 Å². The molecular formula is C14H9Cl2NO3S. The van der Waals surface area contributed by atoms with Crippen LogP contribution >= 0.6 is 34.5 Å². The van der Waals surface area contributed by atoms with Crippen LogP contribution in [0.3, 0.4) is 0 Å². The summed E-state index contributed by atoms with van der Waals surface area (Å²) >= 11 is 12.8. The van der Waals surface area contributed by atoms with Gasteiger partial charge in [0, 0.05) is 11.8 Å². The molecule has 1 amide bonds. The van der Waals surface area contributed by atoms with E-state index >= 15 is 0 Å². The van der Waals surface area contributed by atoms with Crippen molar-refractivity contribution in [2.24, 2.45) is 0 Å². The first-order valence-corrected chi connectivity index (χ1v) is 7.30. The molecule has 108 valence electrons. The number of carbonyl (C=O) groups excluding carboxylic acids is 1. The summed E-state index contributed by atoms with van der Waals surface area (Å²) in [5, 5.41) is 11.3. The number of aliphatic carboxylic acids is 1. The predicted molar refractivity (Wildman–Crippen MR) is 85.4 cm³/mol. The van der Waals surface area contributed by atoms with Gasteiger partial charge >= 0.3 is 5.97 Å². The van der Waals surface area contributed by atoms with Crippen molar-refractivity contribution in [2.75, 3.05) is 5.32 Å². The van der Waals surface area contributed by atoms with E-state index in [1.54, 1.807) is 24.3 Å². The van der Waals surface area contributed by atoms with Crippen LogP contribution in [0.15, 0.2) is 36.4 Å². The fourth-order valence-electron chi connectivity index (χ4n) is 1.58. The lowest BCUT2D eigenvalue weighted by atomic mass is 10.2. The van der Waals surface area contributed by atoms with E-state index in [0.717, 1.165) is 17.4 Å². The van der Waals surface area contributed by atoms with Crippen LogP contribution < -0.4 is 5.32 Å². The second-order valence-electron chi connectivity index (χ2n) is 3.99. The number of benzene rings is 1. The molecule has 1 aromatic heterocycles. The van der Waals surface area contributed by atoms with Crippen molar-refractivity contribution in [3.63, 3.8) is 0 Å². The van der Waals surface area contributed by atoms with Crippen molar-refractivity contribution in [1.82, 2.24) is 0 Å². The second kappa shape index (κ2) is 6.76. The summed E-state index contributed by atoms with van der Waals surface area (Å²) in [6.45, 7) is 0. The third-order valence-corrected chi connectivity index (χ3v) is 3.95. The molecule has 0 saturated carbocycles. The van der Waals surface area contributed by atoms with Gasteiger partial charge in [-0.1, -0.05) is 35.3 Å². The second-order valence-corrected chi connectivity index (χ2v) is 6.27. The molecule has 7 heteroatoms. The molecule has 0 unspecified atom stereocenters. The molecule has 0 saturated heterocycles. The lowest BCUT2D eigenvalue weighted by Gasteiger charge is -2.05. The number of carboxylic acid groups (broad SMARTS) is 1. The number of nitrogens with one attached hydrogen (secondary N) is 1. The predicted octanol–water partition coefficient (Wildman–Crippen LogP) is 4.41. The third-order valence-electron chi connectivity index (χ3n) is 2.46. The summed E-state index contributed by atoms with van der Waals surface area (Å²) in [7, 11) is 0. The summed E-state index contributed by atoms with van der Waals surface area (Å²) in [5.41, 5.74) is 1.49. The van der Waals surface area contributed by atoms with Crippen molar-refractivity contribution in [1.29, 1.82) is 0 Å². The molecule has 0 fully saturated rings. The van der Waals surface area contributed by atoms with E-state index < -0.39 is 5.97 Å². The minimum Gasteiger partial charge on any atom is -0.478 e. The van der Waals surface area contributed by atoms with Crippen molar-refractivity contribution < 1.29 is 14.7 Å². The number of hydrogen-bond donors (Lipinski definition) is 2. The molecule has 2 aromatic rings.